The van der Waals surface area contributed by atoms with Crippen molar-refractivity contribution in [3.63, 3.8) is 0 Å². The first kappa shape index (κ1) is 19.7. The molecule has 9 heteroatoms. The molecule has 1 saturated heterocycles. The number of benzene rings is 2. The van der Waals surface area contributed by atoms with Crippen molar-refractivity contribution in [2.75, 3.05) is 13.2 Å². The summed E-state index contributed by atoms with van der Waals surface area (Å²) in [6.07, 6.45) is -1.32. The Morgan fingerprint density at radius 1 is 1.14 bits per heavy atom. The fraction of sp³-hybridized carbons (Fsp3) is 0.263. The highest BCUT2D eigenvalue weighted by atomic mass is 19.1. The van der Waals surface area contributed by atoms with E-state index in [0.717, 1.165) is 18.2 Å². The van der Waals surface area contributed by atoms with Crippen molar-refractivity contribution in [2.45, 2.75) is 18.6 Å². The Kier molecular flexibility index (Phi) is 5.28. The molecule has 1 heterocycles. The third-order valence-corrected chi connectivity index (χ3v) is 4.40. The molecule has 0 aliphatic carbocycles. The summed E-state index contributed by atoms with van der Waals surface area (Å²) in [5, 5.41) is 12.4. The third-order valence-electron chi connectivity index (χ3n) is 4.40. The second-order valence-corrected chi connectivity index (χ2v) is 6.49. The molecular formula is C19H17F3N2O4. The van der Waals surface area contributed by atoms with Crippen LogP contribution in [0.4, 0.5) is 18.0 Å². The van der Waals surface area contributed by atoms with Crippen molar-refractivity contribution in [3.8, 4) is 5.75 Å². The fourth-order valence-corrected chi connectivity index (χ4v) is 2.94. The Labute approximate surface area is 158 Å². The molecule has 148 valence electrons. The number of nitrogens with one attached hydrogen (secondary N) is 1. The number of β-amino-alcohol motifs (C(OH)–C–C–N with tert-alkyl or cyclic N) is 1. The lowest BCUT2D eigenvalue weighted by Gasteiger charge is -2.23. The Morgan fingerprint density at radius 2 is 1.86 bits per heavy atom. The van der Waals surface area contributed by atoms with Crippen molar-refractivity contribution in [1.82, 2.24) is 10.2 Å². The van der Waals surface area contributed by atoms with E-state index in [2.05, 4.69) is 5.32 Å². The van der Waals surface area contributed by atoms with Gasteiger partial charge in [-0.15, -0.1) is 0 Å². The molecule has 1 aliphatic heterocycles. The van der Waals surface area contributed by atoms with Gasteiger partial charge in [0, 0.05) is 5.56 Å². The average Bonchev–Trinajstić information content (AvgIpc) is 2.87. The number of carbonyl (C=O) groups excluding carboxylic acids is 2. The molecule has 3 amide bonds. The summed E-state index contributed by atoms with van der Waals surface area (Å²) < 4.78 is 46.3. The summed E-state index contributed by atoms with van der Waals surface area (Å²) in [4.78, 5) is 25.6. The molecule has 0 bridgehead atoms. The molecule has 2 atom stereocenters. The van der Waals surface area contributed by atoms with E-state index in [4.69, 9.17) is 4.74 Å². The monoisotopic (exact) mass is 394 g/mol. The Balaban J connectivity index is 1.71. The summed E-state index contributed by atoms with van der Waals surface area (Å²) in [7, 11) is 0. The minimum absolute atomic E-state index is 0.0922. The van der Waals surface area contributed by atoms with Gasteiger partial charge < -0.3 is 15.2 Å². The van der Waals surface area contributed by atoms with Crippen molar-refractivity contribution in [2.24, 2.45) is 0 Å². The number of imide groups is 1. The van der Waals surface area contributed by atoms with Crippen LogP contribution in [0.5, 0.6) is 5.75 Å². The van der Waals surface area contributed by atoms with Crippen LogP contribution in [-0.2, 0) is 10.3 Å². The zero-order valence-electron chi connectivity index (χ0n) is 14.8. The van der Waals surface area contributed by atoms with Gasteiger partial charge >= 0.3 is 6.03 Å². The maximum atomic E-state index is 14.1. The number of aliphatic hydroxyl groups excluding tert-OH is 1. The molecule has 28 heavy (non-hydrogen) atoms. The molecular weight excluding hydrogens is 377 g/mol. The van der Waals surface area contributed by atoms with Crippen LogP contribution >= 0.6 is 0 Å². The highest BCUT2D eigenvalue weighted by Gasteiger charge is 2.50. The number of urea groups is 1. The first-order chi connectivity index (χ1) is 13.2. The highest BCUT2D eigenvalue weighted by Crippen LogP contribution is 2.31. The predicted octanol–water partition coefficient (Wildman–Crippen LogP) is 2.31. The number of hydrogen-bond donors (Lipinski definition) is 2. The quantitative estimate of drug-likeness (QED) is 0.737. The van der Waals surface area contributed by atoms with Crippen LogP contribution in [0.1, 0.15) is 12.5 Å². The van der Waals surface area contributed by atoms with Crippen molar-refractivity contribution in [3.05, 3.63) is 65.5 Å². The molecule has 0 radical (unpaired) electrons. The average molecular weight is 394 g/mol. The van der Waals surface area contributed by atoms with Crippen molar-refractivity contribution < 1.29 is 32.6 Å². The number of nitrogens with zero attached hydrogens (tertiary/aromatic N) is 1. The SMILES string of the molecule is C[C@]1(c2cc(F)ccc2F)NC(=O)N(C[C@@H](O)COc2ccccc2F)C1=O. The molecule has 0 unspecified atom stereocenters. The molecule has 1 fully saturated rings. The molecule has 1 aliphatic rings. The third kappa shape index (κ3) is 3.65. The Morgan fingerprint density at radius 3 is 2.57 bits per heavy atom. The van der Waals surface area contributed by atoms with E-state index in [9.17, 15) is 27.9 Å². The number of amides is 3. The van der Waals surface area contributed by atoms with Crippen LogP contribution in [-0.4, -0.2) is 41.2 Å². The van der Waals surface area contributed by atoms with Gasteiger partial charge in [0.2, 0.25) is 0 Å². The van der Waals surface area contributed by atoms with Gasteiger partial charge in [0.05, 0.1) is 6.54 Å². The molecule has 0 aromatic heterocycles. The lowest BCUT2D eigenvalue weighted by Crippen LogP contribution is -2.43. The zero-order valence-corrected chi connectivity index (χ0v) is 14.8. The maximum Gasteiger partial charge on any atom is 0.325 e. The Bertz CT molecular complexity index is 924. The van der Waals surface area contributed by atoms with E-state index < -0.39 is 47.6 Å². The van der Waals surface area contributed by atoms with Crippen LogP contribution in [0, 0.1) is 17.5 Å². The second kappa shape index (κ2) is 7.51. The van der Waals surface area contributed by atoms with Crippen molar-refractivity contribution >= 4 is 11.9 Å². The molecule has 2 aromatic rings. The van der Waals surface area contributed by atoms with E-state index in [1.165, 1.54) is 25.1 Å². The predicted molar refractivity (Wildman–Crippen MR) is 91.9 cm³/mol. The topological polar surface area (TPSA) is 78.9 Å². The van der Waals surface area contributed by atoms with Gasteiger partial charge in [-0.05, 0) is 37.3 Å². The van der Waals surface area contributed by atoms with Gasteiger partial charge in [-0.2, -0.15) is 0 Å². The van der Waals surface area contributed by atoms with Crippen LogP contribution < -0.4 is 10.1 Å². The summed E-state index contributed by atoms with van der Waals surface area (Å²) in [6, 6.07) is 7.26. The van der Waals surface area contributed by atoms with Crippen LogP contribution in [0.2, 0.25) is 0 Å². The normalized spacial score (nSPS) is 20.2. The number of rotatable bonds is 6. The fourth-order valence-electron chi connectivity index (χ4n) is 2.94. The van der Waals surface area contributed by atoms with Crippen LogP contribution in [0.3, 0.4) is 0 Å². The molecule has 0 saturated carbocycles. The minimum atomic E-state index is -1.82. The van der Waals surface area contributed by atoms with E-state index in [-0.39, 0.29) is 17.9 Å². The summed E-state index contributed by atoms with van der Waals surface area (Å²) in [5.74, 6) is -3.20. The lowest BCUT2D eigenvalue weighted by atomic mass is 9.91. The number of para-hydroxylation sites is 1. The van der Waals surface area contributed by atoms with Gasteiger partial charge in [-0.1, -0.05) is 12.1 Å². The largest absolute Gasteiger partial charge is 0.488 e. The first-order valence-electron chi connectivity index (χ1n) is 8.37. The maximum absolute atomic E-state index is 14.1. The summed E-state index contributed by atoms with van der Waals surface area (Å²) in [5.41, 5.74) is -2.15. The zero-order chi connectivity index (χ0) is 20.5. The first-order valence-corrected chi connectivity index (χ1v) is 8.37. The molecule has 0 spiro atoms. The van der Waals surface area contributed by atoms with Gasteiger partial charge in [-0.25, -0.2) is 18.0 Å². The Hall–Kier alpha value is -3.07. The van der Waals surface area contributed by atoms with Gasteiger partial charge in [0.25, 0.3) is 5.91 Å². The molecule has 2 aromatic carbocycles. The molecule has 2 N–H and O–H groups in total. The van der Waals surface area contributed by atoms with E-state index in [1.807, 2.05) is 0 Å². The number of carbonyl (C=O) groups is 2. The summed E-state index contributed by atoms with van der Waals surface area (Å²) >= 11 is 0. The number of hydrogen-bond acceptors (Lipinski definition) is 4. The molecule has 6 nitrogen and oxygen atoms in total. The second-order valence-electron chi connectivity index (χ2n) is 6.49. The van der Waals surface area contributed by atoms with E-state index >= 15 is 0 Å². The van der Waals surface area contributed by atoms with E-state index in [0.29, 0.717) is 4.90 Å². The van der Waals surface area contributed by atoms with Crippen molar-refractivity contribution in [1.29, 1.82) is 0 Å². The lowest BCUT2D eigenvalue weighted by molar-refractivity contribution is -0.132. The van der Waals surface area contributed by atoms with Gasteiger partial charge in [-0.3, -0.25) is 9.69 Å². The number of ether oxygens (including phenoxy) is 1. The minimum Gasteiger partial charge on any atom is -0.488 e. The highest BCUT2D eigenvalue weighted by molar-refractivity contribution is 6.07. The van der Waals surface area contributed by atoms with E-state index in [1.54, 1.807) is 6.07 Å². The number of halogens is 3. The van der Waals surface area contributed by atoms with Gasteiger partial charge in [0.1, 0.15) is 29.9 Å². The summed E-state index contributed by atoms with van der Waals surface area (Å²) in [6.45, 7) is 0.391. The van der Waals surface area contributed by atoms with Crippen LogP contribution in [0.15, 0.2) is 42.5 Å². The smallest absolute Gasteiger partial charge is 0.325 e. The standard InChI is InChI=1S/C19H17F3N2O4/c1-19(13-8-11(20)6-7-14(13)21)17(26)24(18(27)23-19)9-12(25)10-28-16-5-3-2-4-15(16)22/h2-8,12,25H,9-10H2,1H3,(H,23,27)/t12-,19-/m1/s1. The number of aliphatic hydroxyl groups is 1. The van der Waals surface area contributed by atoms with Gasteiger partial charge in [0.15, 0.2) is 11.6 Å². The molecule has 3 rings (SSSR count). The van der Waals surface area contributed by atoms with Crippen LogP contribution in [0.25, 0.3) is 0 Å².